The van der Waals surface area contributed by atoms with E-state index in [9.17, 15) is 4.79 Å². The van der Waals surface area contributed by atoms with Crippen LogP contribution in [0.3, 0.4) is 0 Å². The SMILES string of the molecule is O=c1cc2c(nn1CCN1CCCCC1CNc1ncnc3[nH]ccc13)CCSC2. The zero-order chi connectivity index (χ0) is 20.3. The summed E-state index contributed by atoms with van der Waals surface area (Å²) in [5.74, 6) is 2.88. The third-order valence-corrected chi connectivity index (χ3v) is 7.12. The van der Waals surface area contributed by atoms with Gasteiger partial charge in [0.1, 0.15) is 17.8 Å². The number of hydrogen-bond donors (Lipinski definition) is 2. The van der Waals surface area contributed by atoms with Crippen LogP contribution in [-0.4, -0.2) is 61.1 Å². The molecule has 1 unspecified atom stereocenters. The average molecular weight is 426 g/mol. The highest BCUT2D eigenvalue weighted by molar-refractivity contribution is 7.98. The number of nitrogens with zero attached hydrogens (tertiary/aromatic N) is 5. The Labute approximate surface area is 179 Å². The second kappa shape index (κ2) is 8.77. The molecule has 2 aliphatic heterocycles. The lowest BCUT2D eigenvalue weighted by Crippen LogP contribution is -2.45. The number of aryl methyl sites for hydroxylation is 1. The van der Waals surface area contributed by atoms with E-state index in [1.165, 1.54) is 12.8 Å². The summed E-state index contributed by atoms with van der Waals surface area (Å²) in [6, 6.07) is 4.22. The highest BCUT2D eigenvalue weighted by Gasteiger charge is 2.23. The van der Waals surface area contributed by atoms with Gasteiger partial charge in [-0.25, -0.2) is 14.6 Å². The monoisotopic (exact) mass is 425 g/mol. The van der Waals surface area contributed by atoms with Crippen molar-refractivity contribution >= 4 is 28.6 Å². The number of thioether (sulfide) groups is 1. The predicted octanol–water partition coefficient (Wildman–Crippen LogP) is 2.27. The first-order valence-electron chi connectivity index (χ1n) is 10.7. The molecule has 158 valence electrons. The number of aromatic amines is 1. The van der Waals surface area contributed by atoms with Crippen LogP contribution in [0, 0.1) is 0 Å². The summed E-state index contributed by atoms with van der Waals surface area (Å²) < 4.78 is 1.67. The largest absolute Gasteiger partial charge is 0.368 e. The number of H-pyrrole nitrogens is 1. The number of fused-ring (bicyclic) bond motifs is 2. The molecule has 0 saturated carbocycles. The van der Waals surface area contributed by atoms with Gasteiger partial charge in [0.25, 0.3) is 5.56 Å². The Morgan fingerprint density at radius 2 is 2.23 bits per heavy atom. The van der Waals surface area contributed by atoms with E-state index in [1.807, 2.05) is 24.0 Å². The highest BCUT2D eigenvalue weighted by atomic mass is 32.2. The molecule has 30 heavy (non-hydrogen) atoms. The summed E-state index contributed by atoms with van der Waals surface area (Å²) in [4.78, 5) is 26.8. The summed E-state index contributed by atoms with van der Waals surface area (Å²) in [5, 5.41) is 9.21. The second-order valence-electron chi connectivity index (χ2n) is 8.01. The standard InChI is InChI=1S/C21H27N7OS/c29-19-11-15-13-30-10-5-18(15)26-28(19)9-8-27-7-2-1-3-16(27)12-23-21-17-4-6-22-20(17)24-14-25-21/h4,6,11,14,16H,1-3,5,7-10,12-13H2,(H2,22,23,24,25). The Kier molecular flexibility index (Phi) is 5.72. The maximum atomic E-state index is 12.5. The van der Waals surface area contributed by atoms with E-state index in [-0.39, 0.29) is 5.56 Å². The van der Waals surface area contributed by atoms with Crippen LogP contribution < -0.4 is 10.9 Å². The van der Waals surface area contributed by atoms with Crippen LogP contribution in [0.25, 0.3) is 11.0 Å². The number of hydrogen-bond acceptors (Lipinski definition) is 7. The lowest BCUT2D eigenvalue weighted by molar-refractivity contribution is 0.148. The lowest BCUT2D eigenvalue weighted by atomic mass is 10.0. The molecule has 9 heteroatoms. The summed E-state index contributed by atoms with van der Waals surface area (Å²) in [5.41, 5.74) is 3.10. The quantitative estimate of drug-likeness (QED) is 0.626. The fraction of sp³-hybridized carbons (Fsp3) is 0.524. The van der Waals surface area contributed by atoms with E-state index < -0.39 is 0 Å². The van der Waals surface area contributed by atoms with Gasteiger partial charge in [-0.15, -0.1) is 0 Å². The molecule has 3 aromatic heterocycles. The molecule has 8 nitrogen and oxygen atoms in total. The van der Waals surface area contributed by atoms with Crippen LogP contribution in [0.4, 0.5) is 5.82 Å². The average Bonchev–Trinajstić information content (AvgIpc) is 3.26. The Morgan fingerprint density at radius 1 is 1.27 bits per heavy atom. The van der Waals surface area contributed by atoms with E-state index >= 15 is 0 Å². The lowest BCUT2D eigenvalue weighted by Gasteiger charge is -2.36. The van der Waals surface area contributed by atoms with Crippen molar-refractivity contribution in [1.82, 2.24) is 29.6 Å². The first-order valence-corrected chi connectivity index (χ1v) is 11.9. The number of nitrogens with one attached hydrogen (secondary N) is 2. The highest BCUT2D eigenvalue weighted by Crippen LogP contribution is 2.22. The summed E-state index contributed by atoms with van der Waals surface area (Å²) in [6.45, 7) is 3.38. The van der Waals surface area contributed by atoms with Crippen LogP contribution in [-0.2, 0) is 18.7 Å². The molecule has 1 saturated heterocycles. The minimum Gasteiger partial charge on any atom is -0.368 e. The van der Waals surface area contributed by atoms with E-state index in [0.29, 0.717) is 12.6 Å². The second-order valence-corrected chi connectivity index (χ2v) is 9.11. The Bertz CT molecular complexity index is 1080. The van der Waals surface area contributed by atoms with Gasteiger partial charge in [-0.2, -0.15) is 16.9 Å². The fourth-order valence-corrected chi connectivity index (χ4v) is 5.40. The minimum absolute atomic E-state index is 0.0266. The number of aromatic nitrogens is 5. The van der Waals surface area contributed by atoms with Crippen molar-refractivity contribution in [3.8, 4) is 0 Å². The molecular weight excluding hydrogens is 398 g/mol. The minimum atomic E-state index is 0.0266. The predicted molar refractivity (Wildman–Crippen MR) is 120 cm³/mol. The molecule has 0 spiro atoms. The van der Waals surface area contributed by atoms with Gasteiger partial charge in [0.2, 0.25) is 0 Å². The van der Waals surface area contributed by atoms with Gasteiger partial charge in [0, 0.05) is 43.6 Å². The number of piperidine rings is 1. The van der Waals surface area contributed by atoms with E-state index in [0.717, 1.165) is 72.1 Å². The molecule has 1 fully saturated rings. The van der Waals surface area contributed by atoms with Gasteiger partial charge in [0.15, 0.2) is 0 Å². The topological polar surface area (TPSA) is 91.7 Å². The zero-order valence-corrected chi connectivity index (χ0v) is 17.8. The van der Waals surface area contributed by atoms with Crippen molar-refractivity contribution in [3.63, 3.8) is 0 Å². The van der Waals surface area contributed by atoms with Gasteiger partial charge in [-0.1, -0.05) is 6.42 Å². The van der Waals surface area contributed by atoms with Crippen LogP contribution in [0.15, 0.2) is 29.5 Å². The third kappa shape index (κ3) is 4.09. The van der Waals surface area contributed by atoms with Gasteiger partial charge >= 0.3 is 0 Å². The van der Waals surface area contributed by atoms with E-state index in [1.54, 1.807) is 17.1 Å². The van der Waals surface area contributed by atoms with Gasteiger partial charge < -0.3 is 10.3 Å². The smallest absolute Gasteiger partial charge is 0.267 e. The molecule has 3 aromatic rings. The zero-order valence-electron chi connectivity index (χ0n) is 17.0. The normalized spacial score (nSPS) is 19.7. The molecule has 5 rings (SSSR count). The molecule has 0 bridgehead atoms. The first kappa shape index (κ1) is 19.6. The molecule has 2 N–H and O–H groups in total. The van der Waals surface area contributed by atoms with Gasteiger partial charge in [0.05, 0.1) is 17.6 Å². The molecule has 0 aromatic carbocycles. The number of anilines is 1. The van der Waals surface area contributed by atoms with Crippen molar-refractivity contribution in [1.29, 1.82) is 0 Å². The van der Waals surface area contributed by atoms with Gasteiger partial charge in [-0.05, 0) is 36.8 Å². The third-order valence-electron chi connectivity index (χ3n) is 6.11. The van der Waals surface area contributed by atoms with Crippen LogP contribution in [0.1, 0.15) is 30.5 Å². The van der Waals surface area contributed by atoms with Crippen molar-refractivity contribution in [2.75, 3.05) is 30.7 Å². The first-order chi connectivity index (χ1) is 14.8. The molecule has 0 radical (unpaired) electrons. The Hall–Kier alpha value is -2.39. The summed E-state index contributed by atoms with van der Waals surface area (Å²) >= 11 is 1.88. The number of rotatable bonds is 6. The molecule has 2 aliphatic rings. The fourth-order valence-electron chi connectivity index (χ4n) is 4.45. The van der Waals surface area contributed by atoms with E-state index in [2.05, 4.69) is 30.3 Å². The van der Waals surface area contributed by atoms with Crippen molar-refractivity contribution in [2.24, 2.45) is 0 Å². The molecular formula is C21H27N7OS. The Morgan fingerprint density at radius 3 is 3.20 bits per heavy atom. The van der Waals surface area contributed by atoms with Crippen molar-refractivity contribution in [3.05, 3.63) is 46.3 Å². The van der Waals surface area contributed by atoms with Crippen LogP contribution in [0.5, 0.6) is 0 Å². The summed E-state index contributed by atoms with van der Waals surface area (Å²) in [6.07, 6.45) is 8.03. The maximum absolute atomic E-state index is 12.5. The van der Waals surface area contributed by atoms with E-state index in [4.69, 9.17) is 0 Å². The summed E-state index contributed by atoms with van der Waals surface area (Å²) in [7, 11) is 0. The number of likely N-dealkylation sites (tertiary alicyclic amines) is 1. The maximum Gasteiger partial charge on any atom is 0.267 e. The molecule has 5 heterocycles. The Balaban J connectivity index is 1.24. The molecule has 0 aliphatic carbocycles. The van der Waals surface area contributed by atoms with Crippen LogP contribution in [0.2, 0.25) is 0 Å². The van der Waals surface area contributed by atoms with Crippen LogP contribution >= 0.6 is 11.8 Å². The molecule has 1 atom stereocenters. The van der Waals surface area contributed by atoms with Gasteiger partial charge in [-0.3, -0.25) is 9.69 Å². The van der Waals surface area contributed by atoms with Crippen molar-refractivity contribution < 1.29 is 0 Å². The molecule has 0 amide bonds. The van der Waals surface area contributed by atoms with Crippen molar-refractivity contribution in [2.45, 2.75) is 44.0 Å².